The summed E-state index contributed by atoms with van der Waals surface area (Å²) in [7, 11) is 0. The number of fused-ring (bicyclic) bond motifs is 1. The lowest BCUT2D eigenvalue weighted by atomic mass is 9.88. The van der Waals surface area contributed by atoms with E-state index in [0.717, 1.165) is 24.8 Å². The molecule has 0 saturated heterocycles. The molecule has 0 aliphatic heterocycles. The maximum absolute atomic E-state index is 11.8. The number of hydrogen-bond donors (Lipinski definition) is 3. The number of benzene rings is 1. The summed E-state index contributed by atoms with van der Waals surface area (Å²) < 4.78 is 0. The minimum absolute atomic E-state index is 0.0306. The monoisotopic (exact) mass is 291 g/mol. The average molecular weight is 291 g/mol. The molecule has 0 spiro atoms. The van der Waals surface area contributed by atoms with Crippen LogP contribution in [0.1, 0.15) is 30.0 Å². The summed E-state index contributed by atoms with van der Waals surface area (Å²) in [6, 6.07) is 7.87. The lowest BCUT2D eigenvalue weighted by Crippen LogP contribution is -2.44. The molecule has 0 radical (unpaired) electrons. The van der Waals surface area contributed by atoms with E-state index in [9.17, 15) is 9.59 Å². The van der Waals surface area contributed by atoms with Crippen LogP contribution >= 0.6 is 12.2 Å². The van der Waals surface area contributed by atoms with Crippen molar-refractivity contribution in [2.75, 3.05) is 6.54 Å². The molecule has 2 amide bonds. The highest BCUT2D eigenvalue weighted by molar-refractivity contribution is 7.80. The van der Waals surface area contributed by atoms with Crippen molar-refractivity contribution in [3.8, 4) is 0 Å². The minimum atomic E-state index is -0.708. The molecule has 5 nitrogen and oxygen atoms in total. The van der Waals surface area contributed by atoms with Gasteiger partial charge in [-0.1, -0.05) is 36.5 Å². The second-order valence-electron chi connectivity index (χ2n) is 4.77. The fourth-order valence-electron chi connectivity index (χ4n) is 2.38. The molecule has 0 aromatic heterocycles. The standard InChI is InChI=1S/C14H17N3O2S/c15-12(20)8-16-13(18)14(19)17-11-7-3-5-9-4-1-2-6-10(9)11/h1-2,4,6,11H,3,5,7-8H2,(H2,15,20)(H,16,18)(H,17,19). The molecule has 0 bridgehead atoms. The quantitative estimate of drug-likeness (QED) is 0.562. The third-order valence-corrected chi connectivity index (χ3v) is 3.45. The summed E-state index contributed by atoms with van der Waals surface area (Å²) in [5, 5.41) is 5.14. The van der Waals surface area contributed by atoms with Gasteiger partial charge in [-0.25, -0.2) is 0 Å². The van der Waals surface area contributed by atoms with Crippen LogP contribution in [0.5, 0.6) is 0 Å². The number of rotatable bonds is 3. The molecule has 1 aliphatic carbocycles. The molecule has 1 aliphatic rings. The first-order valence-electron chi connectivity index (χ1n) is 6.52. The molecule has 2 rings (SSSR count). The first-order chi connectivity index (χ1) is 9.58. The molecule has 1 aromatic carbocycles. The Hall–Kier alpha value is -1.95. The molecule has 1 unspecified atom stereocenters. The number of thiocarbonyl (C=S) groups is 1. The number of nitrogens with one attached hydrogen (secondary N) is 2. The van der Waals surface area contributed by atoms with Gasteiger partial charge in [-0.15, -0.1) is 0 Å². The first kappa shape index (κ1) is 14.5. The molecule has 1 atom stereocenters. The summed E-state index contributed by atoms with van der Waals surface area (Å²) >= 11 is 4.65. The molecule has 20 heavy (non-hydrogen) atoms. The molecule has 0 heterocycles. The van der Waals surface area contributed by atoms with Gasteiger partial charge in [-0.3, -0.25) is 9.59 Å². The smallest absolute Gasteiger partial charge is 0.309 e. The van der Waals surface area contributed by atoms with E-state index in [1.165, 1.54) is 5.56 Å². The normalized spacial score (nSPS) is 16.9. The van der Waals surface area contributed by atoms with E-state index in [2.05, 4.69) is 28.9 Å². The van der Waals surface area contributed by atoms with Gasteiger partial charge in [0, 0.05) is 0 Å². The largest absolute Gasteiger partial charge is 0.392 e. The molecular formula is C14H17N3O2S. The number of carbonyl (C=O) groups excluding carboxylic acids is 2. The summed E-state index contributed by atoms with van der Waals surface area (Å²) in [4.78, 5) is 23.6. The Morgan fingerprint density at radius 2 is 2.05 bits per heavy atom. The highest BCUT2D eigenvalue weighted by Gasteiger charge is 2.23. The zero-order valence-electron chi connectivity index (χ0n) is 11.0. The molecular weight excluding hydrogens is 274 g/mol. The van der Waals surface area contributed by atoms with Crippen molar-refractivity contribution < 1.29 is 9.59 Å². The maximum Gasteiger partial charge on any atom is 0.309 e. The van der Waals surface area contributed by atoms with Crippen molar-refractivity contribution in [2.24, 2.45) is 5.73 Å². The van der Waals surface area contributed by atoms with E-state index in [-0.39, 0.29) is 17.6 Å². The van der Waals surface area contributed by atoms with E-state index in [1.54, 1.807) is 0 Å². The number of nitrogens with two attached hydrogens (primary N) is 1. The van der Waals surface area contributed by atoms with Crippen LogP contribution in [0.15, 0.2) is 24.3 Å². The van der Waals surface area contributed by atoms with Gasteiger partial charge in [0.1, 0.15) is 0 Å². The van der Waals surface area contributed by atoms with Crippen LogP contribution in [0.2, 0.25) is 0 Å². The third-order valence-electron chi connectivity index (χ3n) is 3.30. The van der Waals surface area contributed by atoms with Crippen LogP contribution in [0.4, 0.5) is 0 Å². The van der Waals surface area contributed by atoms with E-state index in [4.69, 9.17) is 5.73 Å². The van der Waals surface area contributed by atoms with Crippen molar-refractivity contribution in [1.82, 2.24) is 10.6 Å². The molecule has 0 fully saturated rings. The minimum Gasteiger partial charge on any atom is -0.392 e. The molecule has 106 valence electrons. The Kier molecular flexibility index (Phi) is 4.68. The Bertz CT molecular complexity index is 545. The van der Waals surface area contributed by atoms with Crippen LogP contribution in [0, 0.1) is 0 Å². The van der Waals surface area contributed by atoms with Gasteiger partial charge >= 0.3 is 11.8 Å². The van der Waals surface area contributed by atoms with Gasteiger partial charge in [0.2, 0.25) is 0 Å². The van der Waals surface area contributed by atoms with Gasteiger partial charge in [0.15, 0.2) is 0 Å². The predicted molar refractivity (Wildman–Crippen MR) is 80.1 cm³/mol. The average Bonchev–Trinajstić information content (AvgIpc) is 2.45. The molecule has 4 N–H and O–H groups in total. The van der Waals surface area contributed by atoms with Crippen LogP contribution in [0.25, 0.3) is 0 Å². The Balaban J connectivity index is 1.99. The molecule has 0 saturated carbocycles. The number of carbonyl (C=O) groups is 2. The van der Waals surface area contributed by atoms with Gasteiger partial charge in [-0.2, -0.15) is 0 Å². The zero-order chi connectivity index (χ0) is 14.5. The Morgan fingerprint density at radius 1 is 1.30 bits per heavy atom. The van der Waals surface area contributed by atoms with Gasteiger partial charge in [-0.05, 0) is 30.4 Å². The lowest BCUT2D eigenvalue weighted by molar-refractivity contribution is -0.139. The number of hydrogen-bond acceptors (Lipinski definition) is 3. The fraction of sp³-hybridized carbons (Fsp3) is 0.357. The summed E-state index contributed by atoms with van der Waals surface area (Å²) in [5.41, 5.74) is 7.59. The third kappa shape index (κ3) is 3.54. The lowest BCUT2D eigenvalue weighted by Gasteiger charge is -2.26. The van der Waals surface area contributed by atoms with E-state index >= 15 is 0 Å². The first-order valence-corrected chi connectivity index (χ1v) is 6.93. The molecule has 1 aromatic rings. The topological polar surface area (TPSA) is 84.2 Å². The Labute approximate surface area is 122 Å². The van der Waals surface area contributed by atoms with Crippen LogP contribution in [-0.2, 0) is 16.0 Å². The number of aryl methyl sites for hydroxylation is 1. The highest BCUT2D eigenvalue weighted by atomic mass is 32.1. The fourth-order valence-corrected chi connectivity index (χ4v) is 2.45. The van der Waals surface area contributed by atoms with Crippen molar-refractivity contribution in [3.05, 3.63) is 35.4 Å². The highest BCUT2D eigenvalue weighted by Crippen LogP contribution is 2.29. The van der Waals surface area contributed by atoms with Gasteiger partial charge in [0.25, 0.3) is 0 Å². The summed E-state index contributed by atoms with van der Waals surface area (Å²) in [5.74, 6) is -1.36. The summed E-state index contributed by atoms with van der Waals surface area (Å²) in [6.45, 7) is 0.0306. The van der Waals surface area contributed by atoms with Crippen LogP contribution < -0.4 is 16.4 Å². The SMILES string of the molecule is NC(=S)CNC(=O)C(=O)NC1CCCc2ccccc21. The maximum atomic E-state index is 11.8. The van der Waals surface area contributed by atoms with Gasteiger partial charge < -0.3 is 16.4 Å². The van der Waals surface area contributed by atoms with Crippen molar-refractivity contribution in [1.29, 1.82) is 0 Å². The number of amides is 2. The zero-order valence-corrected chi connectivity index (χ0v) is 11.8. The van der Waals surface area contributed by atoms with Crippen molar-refractivity contribution in [3.63, 3.8) is 0 Å². The van der Waals surface area contributed by atoms with Crippen LogP contribution in [-0.4, -0.2) is 23.3 Å². The van der Waals surface area contributed by atoms with E-state index in [0.29, 0.717) is 0 Å². The predicted octanol–water partition coefficient (Wildman–Crippen LogP) is 0.583. The molecule has 6 heteroatoms. The van der Waals surface area contributed by atoms with E-state index < -0.39 is 11.8 Å². The Morgan fingerprint density at radius 3 is 2.80 bits per heavy atom. The van der Waals surface area contributed by atoms with Gasteiger partial charge in [0.05, 0.1) is 17.6 Å². The van der Waals surface area contributed by atoms with Crippen molar-refractivity contribution in [2.45, 2.75) is 25.3 Å². The summed E-state index contributed by atoms with van der Waals surface area (Å²) in [6.07, 6.45) is 2.85. The second kappa shape index (κ2) is 6.47. The van der Waals surface area contributed by atoms with Crippen LogP contribution in [0.3, 0.4) is 0 Å². The van der Waals surface area contributed by atoms with E-state index in [1.807, 2.05) is 18.2 Å². The van der Waals surface area contributed by atoms with Crippen molar-refractivity contribution >= 4 is 29.0 Å². The second-order valence-corrected chi connectivity index (χ2v) is 5.29.